The summed E-state index contributed by atoms with van der Waals surface area (Å²) in [5.41, 5.74) is 0.871. The molecule has 0 saturated carbocycles. The van der Waals surface area contributed by atoms with Gasteiger partial charge in [0.15, 0.2) is 0 Å². The number of esters is 1. The van der Waals surface area contributed by atoms with E-state index in [4.69, 9.17) is 4.74 Å². The highest BCUT2D eigenvalue weighted by atomic mass is 16.5. The molecule has 0 fully saturated rings. The predicted molar refractivity (Wildman–Crippen MR) is 126 cm³/mol. The van der Waals surface area contributed by atoms with Crippen LogP contribution in [0.3, 0.4) is 0 Å². The van der Waals surface area contributed by atoms with Crippen LogP contribution in [0.25, 0.3) is 0 Å². The molecule has 1 aromatic rings. The Kier molecular flexibility index (Phi) is 15.8. The van der Waals surface area contributed by atoms with Crippen molar-refractivity contribution in [1.82, 2.24) is 5.32 Å². The first kappa shape index (κ1) is 27.7. The Morgan fingerprint density at radius 1 is 0.844 bits per heavy atom. The molecule has 180 valence electrons. The van der Waals surface area contributed by atoms with Crippen LogP contribution in [0.4, 0.5) is 0 Å². The second-order valence-electron chi connectivity index (χ2n) is 8.43. The zero-order valence-corrected chi connectivity index (χ0v) is 19.7. The first-order valence-corrected chi connectivity index (χ1v) is 12.2. The SMILES string of the molecule is CCCCCCCCCCCCCC(=O)N[C@@H](CCC(=O)OCc1ccccc1)C(=O)O. The average Bonchev–Trinajstić information content (AvgIpc) is 2.79. The highest BCUT2D eigenvalue weighted by Crippen LogP contribution is 2.12. The number of carboxylic acids is 1. The molecule has 1 rings (SSSR count). The summed E-state index contributed by atoms with van der Waals surface area (Å²) >= 11 is 0. The molecule has 1 atom stereocenters. The zero-order valence-electron chi connectivity index (χ0n) is 19.7. The number of ether oxygens (including phenoxy) is 1. The van der Waals surface area contributed by atoms with Crippen LogP contribution in [0.5, 0.6) is 0 Å². The Morgan fingerprint density at radius 3 is 1.97 bits per heavy atom. The molecule has 0 aliphatic heterocycles. The molecule has 6 heteroatoms. The number of benzene rings is 1. The summed E-state index contributed by atoms with van der Waals surface area (Å²) in [6.07, 6.45) is 13.5. The van der Waals surface area contributed by atoms with Gasteiger partial charge in [-0.3, -0.25) is 9.59 Å². The van der Waals surface area contributed by atoms with E-state index in [2.05, 4.69) is 12.2 Å². The molecule has 2 N–H and O–H groups in total. The number of hydrogen-bond acceptors (Lipinski definition) is 4. The Labute approximate surface area is 193 Å². The van der Waals surface area contributed by atoms with Gasteiger partial charge >= 0.3 is 11.9 Å². The van der Waals surface area contributed by atoms with Crippen molar-refractivity contribution in [2.24, 2.45) is 0 Å². The van der Waals surface area contributed by atoms with E-state index in [1.807, 2.05) is 30.3 Å². The Hall–Kier alpha value is -2.37. The van der Waals surface area contributed by atoms with E-state index < -0.39 is 18.0 Å². The molecule has 0 aliphatic rings. The van der Waals surface area contributed by atoms with Crippen molar-refractivity contribution in [3.8, 4) is 0 Å². The molecule has 0 bridgehead atoms. The fourth-order valence-electron chi connectivity index (χ4n) is 3.55. The highest BCUT2D eigenvalue weighted by Gasteiger charge is 2.21. The number of unbranched alkanes of at least 4 members (excludes halogenated alkanes) is 10. The van der Waals surface area contributed by atoms with Crippen molar-refractivity contribution in [1.29, 1.82) is 0 Å². The van der Waals surface area contributed by atoms with Gasteiger partial charge in [-0.1, -0.05) is 101 Å². The molecule has 32 heavy (non-hydrogen) atoms. The molecule has 0 heterocycles. The number of amides is 1. The smallest absolute Gasteiger partial charge is 0.326 e. The van der Waals surface area contributed by atoms with Crippen molar-refractivity contribution in [2.45, 2.75) is 109 Å². The zero-order chi connectivity index (χ0) is 23.4. The van der Waals surface area contributed by atoms with E-state index in [-0.39, 0.29) is 25.4 Å². The number of rotatable bonds is 19. The lowest BCUT2D eigenvalue weighted by Gasteiger charge is -2.14. The molecule has 0 saturated heterocycles. The van der Waals surface area contributed by atoms with E-state index >= 15 is 0 Å². The molecule has 0 unspecified atom stereocenters. The average molecular weight is 448 g/mol. The Morgan fingerprint density at radius 2 is 1.41 bits per heavy atom. The van der Waals surface area contributed by atoms with E-state index in [1.54, 1.807) is 0 Å². The summed E-state index contributed by atoms with van der Waals surface area (Å²) in [5, 5.41) is 11.9. The maximum absolute atomic E-state index is 12.1. The lowest BCUT2D eigenvalue weighted by molar-refractivity contribution is -0.146. The van der Waals surface area contributed by atoms with Crippen molar-refractivity contribution in [3.05, 3.63) is 35.9 Å². The van der Waals surface area contributed by atoms with Gasteiger partial charge in [0, 0.05) is 12.8 Å². The van der Waals surface area contributed by atoms with Gasteiger partial charge in [0.25, 0.3) is 0 Å². The third kappa shape index (κ3) is 14.6. The quantitative estimate of drug-likeness (QED) is 0.207. The second-order valence-corrected chi connectivity index (χ2v) is 8.43. The standard InChI is InChI=1S/C26H41NO5/c1-2-3-4-5-6-7-8-9-10-11-15-18-24(28)27-23(26(30)31)19-20-25(29)32-21-22-16-13-12-14-17-22/h12-14,16-17,23H,2-11,15,18-21H2,1H3,(H,27,28)(H,30,31)/t23-/m0/s1. The summed E-state index contributed by atoms with van der Waals surface area (Å²) in [7, 11) is 0. The maximum Gasteiger partial charge on any atom is 0.326 e. The largest absolute Gasteiger partial charge is 0.480 e. The van der Waals surface area contributed by atoms with Gasteiger partial charge in [-0.05, 0) is 18.4 Å². The van der Waals surface area contributed by atoms with Gasteiger partial charge in [-0.15, -0.1) is 0 Å². The first-order valence-electron chi connectivity index (χ1n) is 12.2. The van der Waals surface area contributed by atoms with Crippen molar-refractivity contribution < 1.29 is 24.2 Å². The molecule has 0 aliphatic carbocycles. The van der Waals surface area contributed by atoms with Gasteiger partial charge in [0.05, 0.1) is 0 Å². The van der Waals surface area contributed by atoms with Crippen LogP contribution >= 0.6 is 0 Å². The number of carbonyl (C=O) groups is 3. The van der Waals surface area contributed by atoms with Gasteiger partial charge in [0.2, 0.25) is 5.91 Å². The fraction of sp³-hybridized carbons (Fsp3) is 0.654. The lowest BCUT2D eigenvalue weighted by atomic mass is 10.0. The monoisotopic (exact) mass is 447 g/mol. The summed E-state index contributed by atoms with van der Waals surface area (Å²) in [6, 6.07) is 8.22. The molecule has 1 aromatic carbocycles. The van der Waals surface area contributed by atoms with Crippen LogP contribution in [0, 0.1) is 0 Å². The molecular weight excluding hydrogens is 406 g/mol. The summed E-state index contributed by atoms with van der Waals surface area (Å²) < 4.78 is 5.16. The van der Waals surface area contributed by atoms with Crippen LogP contribution in [-0.2, 0) is 25.7 Å². The number of carbonyl (C=O) groups excluding carboxylic acids is 2. The predicted octanol–water partition coefficient (Wildman–Crippen LogP) is 5.78. The van der Waals surface area contributed by atoms with Crippen LogP contribution < -0.4 is 5.32 Å². The Balaban J connectivity index is 2.10. The summed E-state index contributed by atoms with van der Waals surface area (Å²) in [4.78, 5) is 35.4. The van der Waals surface area contributed by atoms with Crippen molar-refractivity contribution in [3.63, 3.8) is 0 Å². The van der Waals surface area contributed by atoms with Gasteiger partial charge in [-0.2, -0.15) is 0 Å². The number of aliphatic carboxylic acids is 1. The van der Waals surface area contributed by atoms with E-state index in [1.165, 1.54) is 51.4 Å². The normalized spacial score (nSPS) is 11.7. The van der Waals surface area contributed by atoms with Gasteiger partial charge < -0.3 is 15.2 Å². The van der Waals surface area contributed by atoms with Crippen molar-refractivity contribution in [2.75, 3.05) is 0 Å². The minimum Gasteiger partial charge on any atom is -0.480 e. The molecule has 6 nitrogen and oxygen atoms in total. The first-order chi connectivity index (χ1) is 15.5. The maximum atomic E-state index is 12.1. The van der Waals surface area contributed by atoms with Crippen LogP contribution in [-0.4, -0.2) is 29.0 Å². The van der Waals surface area contributed by atoms with E-state index in [0.29, 0.717) is 6.42 Å². The van der Waals surface area contributed by atoms with E-state index in [0.717, 1.165) is 24.8 Å². The minimum atomic E-state index is -1.13. The molecular formula is C26H41NO5. The minimum absolute atomic E-state index is 0.0208. The molecule has 0 aromatic heterocycles. The van der Waals surface area contributed by atoms with Crippen LogP contribution in [0.15, 0.2) is 30.3 Å². The number of nitrogens with one attached hydrogen (secondary N) is 1. The molecule has 0 radical (unpaired) electrons. The Bertz CT molecular complexity index is 647. The van der Waals surface area contributed by atoms with Gasteiger partial charge in [0.1, 0.15) is 12.6 Å². The van der Waals surface area contributed by atoms with Crippen LogP contribution in [0.1, 0.15) is 102 Å². The topological polar surface area (TPSA) is 92.7 Å². The van der Waals surface area contributed by atoms with Crippen molar-refractivity contribution >= 4 is 17.8 Å². The second kappa shape index (κ2) is 18.2. The van der Waals surface area contributed by atoms with Gasteiger partial charge in [-0.25, -0.2) is 4.79 Å². The van der Waals surface area contributed by atoms with Crippen LogP contribution in [0.2, 0.25) is 0 Å². The highest BCUT2D eigenvalue weighted by molar-refractivity contribution is 5.84. The third-order valence-corrected chi connectivity index (χ3v) is 5.52. The summed E-state index contributed by atoms with van der Waals surface area (Å²) in [5.74, 6) is -1.88. The van der Waals surface area contributed by atoms with E-state index in [9.17, 15) is 19.5 Å². The molecule has 0 spiro atoms. The summed E-state index contributed by atoms with van der Waals surface area (Å²) in [6.45, 7) is 2.38. The molecule has 1 amide bonds. The number of hydrogen-bond donors (Lipinski definition) is 2. The fourth-order valence-corrected chi connectivity index (χ4v) is 3.55. The number of carboxylic acid groups (broad SMARTS) is 1. The lowest BCUT2D eigenvalue weighted by Crippen LogP contribution is -2.41. The third-order valence-electron chi connectivity index (χ3n) is 5.52.